The van der Waals surface area contributed by atoms with Gasteiger partial charge in [0.2, 0.25) is 6.41 Å². The minimum atomic E-state index is -1.42. The van der Waals surface area contributed by atoms with Crippen LogP contribution in [0.2, 0.25) is 0 Å². The number of rotatable bonds is 12. The van der Waals surface area contributed by atoms with E-state index in [1.807, 2.05) is 0 Å². The maximum atomic E-state index is 13.6. The monoisotopic (exact) mass is 546 g/mol. The lowest BCUT2D eigenvalue weighted by Gasteiger charge is -2.34. The molecular weight excluding hydrogens is 520 g/mol. The summed E-state index contributed by atoms with van der Waals surface area (Å²) in [5.74, 6) is -6.80. The number of aliphatic carboxylic acids is 2. The van der Waals surface area contributed by atoms with E-state index >= 15 is 0 Å². The van der Waals surface area contributed by atoms with E-state index in [-0.39, 0.29) is 34.4 Å². The summed E-state index contributed by atoms with van der Waals surface area (Å²) in [6.45, 7) is 10.3. The molecule has 2 aliphatic rings. The average Bonchev–Trinajstić information content (AvgIpc) is 3.49. The number of oxime groups is 1. The topological polar surface area (TPSA) is 191 Å². The van der Waals surface area contributed by atoms with Gasteiger partial charge in [0.05, 0.1) is 17.2 Å². The number of amides is 3. The summed E-state index contributed by atoms with van der Waals surface area (Å²) < 4.78 is 0. The van der Waals surface area contributed by atoms with Crippen LogP contribution in [0.4, 0.5) is 5.13 Å². The van der Waals surface area contributed by atoms with Crippen molar-refractivity contribution in [1.29, 1.82) is 0 Å². The molecule has 202 valence electrons. The van der Waals surface area contributed by atoms with E-state index in [9.17, 15) is 34.2 Å². The third-order valence-corrected chi connectivity index (χ3v) is 6.93. The van der Waals surface area contributed by atoms with Crippen LogP contribution in [-0.4, -0.2) is 86.3 Å². The molecule has 1 saturated heterocycles. The molecule has 2 aliphatic heterocycles. The predicted molar refractivity (Wildman–Crippen MR) is 135 cm³/mol. The van der Waals surface area contributed by atoms with Crippen LogP contribution in [0.15, 0.2) is 47.1 Å². The largest absolute Gasteiger partial charge is 0.481 e. The van der Waals surface area contributed by atoms with Gasteiger partial charge in [-0.3, -0.25) is 24.0 Å². The van der Waals surface area contributed by atoms with Crippen molar-refractivity contribution in [2.75, 3.05) is 19.0 Å². The molecule has 2 unspecified atom stereocenters. The first-order valence-corrected chi connectivity index (χ1v) is 12.0. The number of carbonyl (C=O) groups is 5. The molecule has 1 aromatic rings. The number of aromatic nitrogens is 1. The summed E-state index contributed by atoms with van der Waals surface area (Å²) in [5, 5.41) is 32.6. The molecule has 15 heteroatoms. The minimum absolute atomic E-state index is 0.0681. The molecule has 38 heavy (non-hydrogen) atoms. The lowest BCUT2D eigenvalue weighted by Crippen LogP contribution is -2.48. The number of carboxylic acids is 2. The summed E-state index contributed by atoms with van der Waals surface area (Å²) in [4.78, 5) is 70.4. The fraction of sp³-hybridized carbons (Fsp3) is 0.348. The van der Waals surface area contributed by atoms with Crippen molar-refractivity contribution in [2.24, 2.45) is 17.0 Å². The van der Waals surface area contributed by atoms with Gasteiger partial charge in [-0.05, 0) is 19.4 Å². The maximum absolute atomic E-state index is 13.6. The second-order valence-electron chi connectivity index (χ2n) is 8.64. The molecule has 0 aromatic carbocycles. The molecule has 0 aliphatic carbocycles. The summed E-state index contributed by atoms with van der Waals surface area (Å²) in [5.41, 5.74) is -1.22. The van der Waals surface area contributed by atoms with E-state index in [0.29, 0.717) is 6.41 Å². The zero-order chi connectivity index (χ0) is 28.4. The van der Waals surface area contributed by atoms with Gasteiger partial charge in [-0.15, -0.1) is 24.5 Å². The van der Waals surface area contributed by atoms with Crippen molar-refractivity contribution in [2.45, 2.75) is 25.4 Å². The number of anilines is 1. The SMILES string of the molecule is C=CC(C(=O)O)C1=C(C(C=C)C(=O)O)C(C)(C)N2C[C@H](NC(=O)/C(=N\OC)c3csc(NC=O)n3)C(=O)N12. The van der Waals surface area contributed by atoms with Crippen LogP contribution in [0.5, 0.6) is 0 Å². The Morgan fingerprint density at radius 2 is 1.89 bits per heavy atom. The van der Waals surface area contributed by atoms with Gasteiger partial charge in [0.1, 0.15) is 24.8 Å². The fourth-order valence-corrected chi connectivity index (χ4v) is 5.19. The van der Waals surface area contributed by atoms with E-state index in [0.717, 1.165) is 22.4 Å². The number of carboxylic acid groups (broad SMARTS) is 2. The van der Waals surface area contributed by atoms with Crippen LogP contribution in [0.1, 0.15) is 19.5 Å². The van der Waals surface area contributed by atoms with E-state index in [4.69, 9.17) is 4.84 Å². The number of hydrogen-bond donors (Lipinski definition) is 4. The number of carbonyl (C=O) groups excluding carboxylic acids is 3. The third kappa shape index (κ3) is 4.80. The van der Waals surface area contributed by atoms with Gasteiger partial charge in [-0.25, -0.2) is 15.0 Å². The Bertz CT molecular complexity index is 1270. The Balaban J connectivity index is 2.01. The van der Waals surface area contributed by atoms with E-state index < -0.39 is 47.2 Å². The number of nitrogens with zero attached hydrogens (tertiary/aromatic N) is 4. The Kier molecular flexibility index (Phi) is 8.12. The molecule has 1 fully saturated rings. The first-order valence-electron chi connectivity index (χ1n) is 11.1. The first kappa shape index (κ1) is 28.2. The molecule has 3 heterocycles. The highest BCUT2D eigenvalue weighted by Crippen LogP contribution is 2.47. The van der Waals surface area contributed by atoms with Gasteiger partial charge < -0.3 is 25.7 Å². The molecule has 0 radical (unpaired) electrons. The summed E-state index contributed by atoms with van der Waals surface area (Å²) in [6, 6.07) is -1.15. The number of hydrogen-bond acceptors (Lipinski definition) is 10. The van der Waals surface area contributed by atoms with Crippen molar-refractivity contribution in [3.05, 3.63) is 47.7 Å². The number of fused-ring (bicyclic) bond motifs is 1. The quantitative estimate of drug-likeness (QED) is 0.124. The van der Waals surface area contributed by atoms with Crippen LogP contribution in [0.3, 0.4) is 0 Å². The number of hydrazine groups is 1. The number of thiazole rings is 1. The van der Waals surface area contributed by atoms with Gasteiger partial charge in [0.15, 0.2) is 10.8 Å². The summed E-state index contributed by atoms with van der Waals surface area (Å²) in [6.07, 6.45) is 2.70. The lowest BCUT2D eigenvalue weighted by atomic mass is 9.80. The fourth-order valence-electron chi connectivity index (χ4n) is 4.53. The van der Waals surface area contributed by atoms with E-state index in [2.05, 4.69) is 33.9 Å². The van der Waals surface area contributed by atoms with Crippen molar-refractivity contribution in [3.8, 4) is 0 Å². The van der Waals surface area contributed by atoms with E-state index in [1.54, 1.807) is 13.8 Å². The number of nitrogens with one attached hydrogen (secondary N) is 2. The second-order valence-corrected chi connectivity index (χ2v) is 9.50. The highest BCUT2D eigenvalue weighted by Gasteiger charge is 2.58. The minimum Gasteiger partial charge on any atom is -0.481 e. The molecule has 0 saturated carbocycles. The average molecular weight is 547 g/mol. The van der Waals surface area contributed by atoms with Crippen molar-refractivity contribution in [3.63, 3.8) is 0 Å². The second kappa shape index (κ2) is 10.9. The molecule has 0 bridgehead atoms. The summed E-state index contributed by atoms with van der Waals surface area (Å²) >= 11 is 1.04. The predicted octanol–water partition coefficient (Wildman–Crippen LogP) is 0.426. The van der Waals surface area contributed by atoms with Crippen LogP contribution in [-0.2, 0) is 28.8 Å². The molecule has 3 amide bonds. The standard InChI is InChI=1S/C23H26N6O8S/c1-6-11(20(33)34)15-17(12(7-2)21(35)36)29-19(32)13(8-28(29)23(15,3)4)25-18(31)16(27-37-5)14-9-38-22(26-14)24-10-30/h6-7,9-13H,1-2,8H2,3-5H3,(H,25,31)(H,33,34)(H,35,36)(H,24,26,30)/b27-16-/t11?,12?,13-/m0/s1. The van der Waals surface area contributed by atoms with Crippen LogP contribution in [0, 0.1) is 11.8 Å². The molecule has 0 spiro atoms. The molecular formula is C23H26N6O8S. The smallest absolute Gasteiger partial charge is 0.316 e. The Morgan fingerprint density at radius 3 is 2.42 bits per heavy atom. The molecule has 1 aromatic heterocycles. The van der Waals surface area contributed by atoms with Crippen molar-refractivity contribution < 1.29 is 39.0 Å². The van der Waals surface area contributed by atoms with E-state index in [1.165, 1.54) is 23.6 Å². The highest BCUT2D eigenvalue weighted by atomic mass is 32.1. The third-order valence-electron chi connectivity index (χ3n) is 6.15. The molecule has 3 atom stereocenters. The van der Waals surface area contributed by atoms with Crippen LogP contribution in [0.25, 0.3) is 0 Å². The lowest BCUT2D eigenvalue weighted by molar-refractivity contribution is -0.143. The molecule has 3 rings (SSSR count). The van der Waals surface area contributed by atoms with Gasteiger partial charge >= 0.3 is 11.9 Å². The van der Waals surface area contributed by atoms with Gasteiger partial charge in [-0.2, -0.15) is 0 Å². The highest BCUT2D eigenvalue weighted by molar-refractivity contribution is 7.14. The van der Waals surface area contributed by atoms with Gasteiger partial charge in [0.25, 0.3) is 11.8 Å². The maximum Gasteiger partial charge on any atom is 0.316 e. The molecule has 14 nitrogen and oxygen atoms in total. The zero-order valence-electron chi connectivity index (χ0n) is 20.7. The first-order chi connectivity index (χ1) is 17.9. The van der Waals surface area contributed by atoms with Gasteiger partial charge in [-0.1, -0.05) is 17.3 Å². The Morgan fingerprint density at radius 1 is 1.26 bits per heavy atom. The normalized spacial score (nSPS) is 20.4. The Labute approximate surface area is 220 Å². The van der Waals surface area contributed by atoms with Crippen molar-refractivity contribution in [1.82, 2.24) is 20.3 Å². The zero-order valence-corrected chi connectivity index (χ0v) is 21.5. The van der Waals surface area contributed by atoms with Crippen molar-refractivity contribution >= 4 is 52.3 Å². The van der Waals surface area contributed by atoms with Gasteiger partial charge in [0, 0.05) is 11.9 Å². The Hall–Kier alpha value is -4.37. The van der Waals surface area contributed by atoms with Crippen LogP contribution < -0.4 is 10.6 Å². The van der Waals surface area contributed by atoms with Crippen LogP contribution >= 0.6 is 11.3 Å². The summed E-state index contributed by atoms with van der Waals surface area (Å²) in [7, 11) is 1.22. The molecule has 4 N–H and O–H groups in total.